The fourth-order valence-corrected chi connectivity index (χ4v) is 2.39. The second-order valence-electron chi connectivity index (χ2n) is 5.69. The number of amides is 2. The molecule has 102 valence electrons. The van der Waals surface area contributed by atoms with Gasteiger partial charge in [-0.1, -0.05) is 15.9 Å². The first-order valence-electron chi connectivity index (χ1n) is 6.18. The quantitative estimate of drug-likeness (QED) is 0.850. The first-order chi connectivity index (χ1) is 8.78. The van der Waals surface area contributed by atoms with Crippen LogP contribution < -0.4 is 10.2 Å². The lowest BCUT2D eigenvalue weighted by molar-refractivity contribution is -0.121. The van der Waals surface area contributed by atoms with Gasteiger partial charge in [0.15, 0.2) is 0 Å². The van der Waals surface area contributed by atoms with Crippen molar-refractivity contribution < 1.29 is 9.59 Å². The molecule has 0 aliphatic carbocycles. The Labute approximate surface area is 121 Å². The number of benzene rings is 1. The first kappa shape index (κ1) is 14.2. The van der Waals surface area contributed by atoms with Gasteiger partial charge in [0.25, 0.3) is 5.91 Å². The van der Waals surface area contributed by atoms with Gasteiger partial charge >= 0.3 is 0 Å². The first-order valence-corrected chi connectivity index (χ1v) is 6.97. The molecule has 1 aliphatic rings. The number of imide groups is 1. The molecule has 1 aliphatic heterocycles. The van der Waals surface area contributed by atoms with Crippen molar-refractivity contribution in [3.8, 4) is 0 Å². The normalized spacial score (nSPS) is 20.2. The number of hydrogen-bond acceptors (Lipinski definition) is 3. The third-order valence-corrected chi connectivity index (χ3v) is 3.37. The topological polar surface area (TPSA) is 49.4 Å². The molecule has 1 atom stereocenters. The maximum atomic E-state index is 12.3. The van der Waals surface area contributed by atoms with E-state index < -0.39 is 6.04 Å². The summed E-state index contributed by atoms with van der Waals surface area (Å²) in [5.41, 5.74) is 0.424. The van der Waals surface area contributed by atoms with E-state index in [0.717, 1.165) is 4.47 Å². The molecule has 1 heterocycles. The minimum Gasteiger partial charge on any atom is -0.301 e. The summed E-state index contributed by atoms with van der Waals surface area (Å²) in [4.78, 5) is 25.6. The number of nitrogens with one attached hydrogen (secondary N) is 1. The summed E-state index contributed by atoms with van der Waals surface area (Å²) >= 11 is 3.34. The van der Waals surface area contributed by atoms with Crippen molar-refractivity contribution in [1.29, 1.82) is 0 Å². The lowest BCUT2D eigenvalue weighted by Crippen LogP contribution is -2.47. The molecular formula is C14H17BrN2O2. The Hall–Kier alpha value is -1.20. The standard InChI is InChI=1S/C14H17BrN2O2/c1-14(2,3)16-11-8-12(18)17(13(11)19)10-6-4-9(15)5-7-10/h4-7,11,16H,8H2,1-3H3/t11-/m1/s1. The summed E-state index contributed by atoms with van der Waals surface area (Å²) in [6.45, 7) is 5.94. The molecule has 4 nitrogen and oxygen atoms in total. The predicted molar refractivity (Wildman–Crippen MR) is 77.9 cm³/mol. The van der Waals surface area contributed by atoms with Crippen LogP contribution in [0.4, 0.5) is 5.69 Å². The minimum atomic E-state index is -0.434. The highest BCUT2D eigenvalue weighted by molar-refractivity contribution is 9.10. The Morgan fingerprint density at radius 3 is 2.32 bits per heavy atom. The summed E-state index contributed by atoms with van der Waals surface area (Å²) in [5.74, 6) is -0.337. The van der Waals surface area contributed by atoms with Gasteiger partial charge in [0, 0.05) is 10.0 Å². The van der Waals surface area contributed by atoms with Crippen LogP contribution in [0.1, 0.15) is 27.2 Å². The largest absolute Gasteiger partial charge is 0.301 e. The van der Waals surface area contributed by atoms with Crippen LogP contribution in [0.3, 0.4) is 0 Å². The molecule has 0 saturated carbocycles. The second kappa shape index (κ2) is 5.06. The van der Waals surface area contributed by atoms with Crippen molar-refractivity contribution in [2.24, 2.45) is 0 Å². The maximum absolute atomic E-state index is 12.3. The highest BCUT2D eigenvalue weighted by Gasteiger charge is 2.40. The van der Waals surface area contributed by atoms with Crippen molar-refractivity contribution in [2.45, 2.75) is 38.8 Å². The lowest BCUT2D eigenvalue weighted by Gasteiger charge is -2.24. The molecule has 1 aromatic rings. The van der Waals surface area contributed by atoms with E-state index in [9.17, 15) is 9.59 Å². The monoisotopic (exact) mass is 324 g/mol. The summed E-state index contributed by atoms with van der Waals surface area (Å²) in [6, 6.07) is 6.73. The summed E-state index contributed by atoms with van der Waals surface area (Å²) in [5, 5.41) is 3.19. The number of halogens is 1. The minimum absolute atomic E-state index is 0.158. The number of carbonyl (C=O) groups is 2. The number of nitrogens with zero attached hydrogens (tertiary/aromatic N) is 1. The van der Waals surface area contributed by atoms with Crippen LogP contribution in [-0.2, 0) is 9.59 Å². The van der Waals surface area contributed by atoms with Crippen LogP contribution in [0, 0.1) is 0 Å². The number of anilines is 1. The summed E-state index contributed by atoms with van der Waals surface area (Å²) in [6.07, 6.45) is 0.214. The molecule has 1 fully saturated rings. The van der Waals surface area contributed by atoms with Gasteiger partial charge < -0.3 is 5.32 Å². The fourth-order valence-electron chi connectivity index (χ4n) is 2.13. The van der Waals surface area contributed by atoms with E-state index in [1.54, 1.807) is 12.1 Å². The Bertz CT molecular complexity index is 505. The highest BCUT2D eigenvalue weighted by atomic mass is 79.9. The average Bonchev–Trinajstić information content (AvgIpc) is 2.54. The Morgan fingerprint density at radius 1 is 1.21 bits per heavy atom. The SMILES string of the molecule is CC(C)(C)N[C@@H]1CC(=O)N(c2ccc(Br)cc2)C1=O. The third kappa shape index (κ3) is 3.22. The molecule has 0 radical (unpaired) electrons. The third-order valence-electron chi connectivity index (χ3n) is 2.84. The molecule has 1 saturated heterocycles. The molecular weight excluding hydrogens is 308 g/mol. The second-order valence-corrected chi connectivity index (χ2v) is 6.61. The molecule has 0 spiro atoms. The molecule has 0 aromatic heterocycles. The maximum Gasteiger partial charge on any atom is 0.251 e. The van der Waals surface area contributed by atoms with Crippen LogP contribution >= 0.6 is 15.9 Å². The molecule has 2 amide bonds. The van der Waals surface area contributed by atoms with Crippen LogP contribution in [0.2, 0.25) is 0 Å². The zero-order chi connectivity index (χ0) is 14.2. The molecule has 5 heteroatoms. The van der Waals surface area contributed by atoms with Crippen molar-refractivity contribution >= 4 is 33.4 Å². The van der Waals surface area contributed by atoms with E-state index in [-0.39, 0.29) is 23.8 Å². The van der Waals surface area contributed by atoms with Crippen LogP contribution in [0.15, 0.2) is 28.7 Å². The molecule has 1 N–H and O–H groups in total. The van der Waals surface area contributed by atoms with E-state index in [0.29, 0.717) is 5.69 Å². The van der Waals surface area contributed by atoms with Crippen LogP contribution in [0.25, 0.3) is 0 Å². The average molecular weight is 325 g/mol. The summed E-state index contributed by atoms with van der Waals surface area (Å²) in [7, 11) is 0. The van der Waals surface area contributed by atoms with E-state index in [1.165, 1.54) is 4.90 Å². The van der Waals surface area contributed by atoms with Gasteiger partial charge in [0.2, 0.25) is 5.91 Å². The Balaban J connectivity index is 2.21. The van der Waals surface area contributed by atoms with E-state index in [2.05, 4.69) is 21.2 Å². The van der Waals surface area contributed by atoms with Crippen molar-refractivity contribution in [3.05, 3.63) is 28.7 Å². The van der Waals surface area contributed by atoms with Crippen molar-refractivity contribution in [3.63, 3.8) is 0 Å². The smallest absolute Gasteiger partial charge is 0.251 e. The van der Waals surface area contributed by atoms with E-state index in [4.69, 9.17) is 0 Å². The Kier molecular flexibility index (Phi) is 3.78. The highest BCUT2D eigenvalue weighted by Crippen LogP contribution is 2.25. The van der Waals surface area contributed by atoms with Gasteiger partial charge in [-0.15, -0.1) is 0 Å². The summed E-state index contributed by atoms with van der Waals surface area (Å²) < 4.78 is 0.916. The van der Waals surface area contributed by atoms with Gasteiger partial charge in [-0.25, -0.2) is 4.90 Å². The fraction of sp³-hybridized carbons (Fsp3) is 0.429. The zero-order valence-electron chi connectivity index (χ0n) is 11.2. The zero-order valence-corrected chi connectivity index (χ0v) is 12.8. The van der Waals surface area contributed by atoms with E-state index >= 15 is 0 Å². The molecule has 0 unspecified atom stereocenters. The number of carbonyl (C=O) groups excluding carboxylic acids is 2. The van der Waals surface area contributed by atoms with Crippen LogP contribution in [-0.4, -0.2) is 23.4 Å². The predicted octanol–water partition coefficient (Wildman–Crippen LogP) is 2.47. The van der Waals surface area contributed by atoms with Gasteiger partial charge in [-0.3, -0.25) is 9.59 Å². The molecule has 19 heavy (non-hydrogen) atoms. The number of hydrogen-bond donors (Lipinski definition) is 1. The van der Waals surface area contributed by atoms with E-state index in [1.807, 2.05) is 32.9 Å². The van der Waals surface area contributed by atoms with Gasteiger partial charge in [0.1, 0.15) is 0 Å². The molecule has 1 aromatic carbocycles. The lowest BCUT2D eigenvalue weighted by atomic mass is 10.1. The number of rotatable bonds is 2. The molecule has 0 bridgehead atoms. The van der Waals surface area contributed by atoms with Crippen molar-refractivity contribution in [1.82, 2.24) is 5.32 Å². The van der Waals surface area contributed by atoms with Gasteiger partial charge in [-0.2, -0.15) is 0 Å². The van der Waals surface area contributed by atoms with Crippen molar-refractivity contribution in [2.75, 3.05) is 4.90 Å². The Morgan fingerprint density at radius 2 is 1.79 bits per heavy atom. The molecule has 2 rings (SSSR count). The van der Waals surface area contributed by atoms with Crippen LogP contribution in [0.5, 0.6) is 0 Å². The van der Waals surface area contributed by atoms with Gasteiger partial charge in [-0.05, 0) is 45.0 Å². The van der Waals surface area contributed by atoms with Gasteiger partial charge in [0.05, 0.1) is 18.2 Å².